The van der Waals surface area contributed by atoms with Gasteiger partial charge in [0.15, 0.2) is 24.1 Å². The molecule has 1 aliphatic heterocycles. The fourth-order valence-electron chi connectivity index (χ4n) is 4.42. The van der Waals surface area contributed by atoms with E-state index in [1.165, 1.54) is 5.06 Å². The Bertz CT molecular complexity index is 1210. The fourth-order valence-corrected chi connectivity index (χ4v) is 4.42. The van der Waals surface area contributed by atoms with Crippen molar-refractivity contribution >= 4 is 23.5 Å². The van der Waals surface area contributed by atoms with Crippen LogP contribution < -0.4 is 25.8 Å². The highest BCUT2D eigenvalue weighted by Gasteiger charge is 2.36. The Hall–Kier alpha value is -3.95. The highest BCUT2D eigenvalue weighted by molar-refractivity contribution is 5.85. The lowest BCUT2D eigenvalue weighted by Crippen LogP contribution is -2.48. The van der Waals surface area contributed by atoms with Crippen LogP contribution in [0.5, 0.6) is 11.5 Å². The molecule has 1 aliphatic rings. The van der Waals surface area contributed by atoms with Crippen LogP contribution in [0.2, 0.25) is 0 Å². The molecule has 43 heavy (non-hydrogen) atoms. The number of carboxylic acid groups (broad SMARTS) is 2. The van der Waals surface area contributed by atoms with Gasteiger partial charge in [0, 0.05) is 25.2 Å². The summed E-state index contributed by atoms with van der Waals surface area (Å²) in [4.78, 5) is 43.2. The molecule has 1 saturated heterocycles. The predicted molar refractivity (Wildman–Crippen MR) is 156 cm³/mol. The molecule has 2 aromatic carbocycles. The SMILES string of the molecule is COc1ccc(CCN(C)CCCOC2NC(c3ccc(N)cc3)ON2CC(=O)N[C@@H](CCC(=O)O)C(=O)O)cc1OC. The number of hydrogen-bond donors (Lipinski definition) is 5. The Labute approximate surface area is 250 Å². The minimum Gasteiger partial charge on any atom is -0.493 e. The molecule has 3 rings (SSSR count). The first kappa shape index (κ1) is 33.6. The maximum absolute atomic E-state index is 12.7. The minimum absolute atomic E-state index is 0.247. The standard InChI is InChI=1S/C29H41N5O9/c1-33(15-13-19-5-11-23(40-2)24(17-19)41-3)14-4-16-42-29-32-27(20-6-8-21(30)9-7-20)43-34(29)18-25(35)31-22(28(38)39)10-12-26(36)37/h5-9,11,17,22,27,29,32H,4,10,12-16,18,30H2,1-3H3,(H,31,35)(H,36,37)(H,38,39)/t22-,27?,29?/m0/s1. The highest BCUT2D eigenvalue weighted by atomic mass is 16.8. The molecule has 0 bridgehead atoms. The van der Waals surface area contributed by atoms with E-state index < -0.39 is 42.9 Å². The lowest BCUT2D eigenvalue weighted by molar-refractivity contribution is -0.215. The number of carbonyl (C=O) groups is 3. The van der Waals surface area contributed by atoms with Crippen molar-refractivity contribution in [2.24, 2.45) is 0 Å². The number of carbonyl (C=O) groups excluding carboxylic acids is 1. The number of ether oxygens (including phenoxy) is 3. The number of carboxylic acids is 2. The normalized spacial score (nSPS) is 17.5. The van der Waals surface area contributed by atoms with Gasteiger partial charge in [0.1, 0.15) is 12.6 Å². The summed E-state index contributed by atoms with van der Waals surface area (Å²) in [6.45, 7) is 1.58. The number of rotatable bonds is 18. The van der Waals surface area contributed by atoms with Crippen LogP contribution >= 0.6 is 0 Å². The van der Waals surface area contributed by atoms with Crippen LogP contribution in [0.15, 0.2) is 42.5 Å². The van der Waals surface area contributed by atoms with Gasteiger partial charge in [0.05, 0.1) is 20.8 Å². The molecule has 0 aliphatic carbocycles. The van der Waals surface area contributed by atoms with Crippen LogP contribution in [0.3, 0.4) is 0 Å². The highest BCUT2D eigenvalue weighted by Crippen LogP contribution is 2.28. The number of methoxy groups -OCH3 is 2. The third kappa shape index (κ3) is 10.7. The number of benzene rings is 2. The number of anilines is 1. The molecule has 0 saturated carbocycles. The first-order valence-electron chi connectivity index (χ1n) is 13.9. The Morgan fingerprint density at radius 2 is 1.81 bits per heavy atom. The topological polar surface area (TPSA) is 185 Å². The summed E-state index contributed by atoms with van der Waals surface area (Å²) in [6.07, 6.45) is -0.553. The van der Waals surface area contributed by atoms with Gasteiger partial charge in [-0.2, -0.15) is 0 Å². The first-order valence-corrected chi connectivity index (χ1v) is 13.9. The van der Waals surface area contributed by atoms with Crippen LogP contribution in [0.1, 0.15) is 36.6 Å². The average Bonchev–Trinajstić information content (AvgIpc) is 3.38. The number of hydrogen-bond acceptors (Lipinski definition) is 11. The van der Waals surface area contributed by atoms with Gasteiger partial charge in [-0.25, -0.2) is 10.1 Å². The molecule has 236 valence electrons. The van der Waals surface area contributed by atoms with Gasteiger partial charge in [0.2, 0.25) is 5.91 Å². The molecule has 2 unspecified atom stereocenters. The smallest absolute Gasteiger partial charge is 0.326 e. The summed E-state index contributed by atoms with van der Waals surface area (Å²) in [7, 11) is 5.24. The third-order valence-electron chi connectivity index (χ3n) is 6.81. The summed E-state index contributed by atoms with van der Waals surface area (Å²) in [5.41, 5.74) is 8.26. The van der Waals surface area contributed by atoms with Crippen LogP contribution in [0.4, 0.5) is 5.69 Å². The van der Waals surface area contributed by atoms with Crippen molar-refractivity contribution in [3.63, 3.8) is 0 Å². The lowest BCUT2D eigenvalue weighted by Gasteiger charge is -2.23. The summed E-state index contributed by atoms with van der Waals surface area (Å²) in [5, 5.41) is 25.1. The second-order valence-corrected chi connectivity index (χ2v) is 10.1. The van der Waals surface area contributed by atoms with E-state index in [0.717, 1.165) is 30.6 Å². The summed E-state index contributed by atoms with van der Waals surface area (Å²) >= 11 is 0. The average molecular weight is 604 g/mol. The van der Waals surface area contributed by atoms with Gasteiger partial charge in [-0.15, -0.1) is 5.06 Å². The Morgan fingerprint density at radius 1 is 1.09 bits per heavy atom. The van der Waals surface area contributed by atoms with E-state index in [-0.39, 0.29) is 13.0 Å². The van der Waals surface area contributed by atoms with Gasteiger partial charge in [-0.05, 0) is 61.7 Å². The Kier molecular flexibility index (Phi) is 13.0. The molecule has 1 amide bonds. The second kappa shape index (κ2) is 16.6. The van der Waals surface area contributed by atoms with Crippen molar-refractivity contribution < 1.29 is 43.6 Å². The predicted octanol–water partition coefficient (Wildman–Crippen LogP) is 1.42. The molecule has 14 nitrogen and oxygen atoms in total. The van der Waals surface area contributed by atoms with Crippen molar-refractivity contribution in [1.29, 1.82) is 0 Å². The van der Waals surface area contributed by atoms with E-state index in [0.29, 0.717) is 30.2 Å². The largest absolute Gasteiger partial charge is 0.493 e. The van der Waals surface area contributed by atoms with E-state index in [2.05, 4.69) is 15.5 Å². The maximum Gasteiger partial charge on any atom is 0.326 e. The number of hydroxylamine groups is 2. The van der Waals surface area contributed by atoms with Crippen molar-refractivity contribution in [3.05, 3.63) is 53.6 Å². The van der Waals surface area contributed by atoms with Crippen molar-refractivity contribution in [2.75, 3.05) is 53.2 Å². The number of nitrogens with one attached hydrogen (secondary N) is 2. The number of likely N-dealkylation sites (N-methyl/N-ethyl adjacent to an activating group) is 1. The zero-order valence-corrected chi connectivity index (χ0v) is 24.7. The molecule has 0 radical (unpaired) electrons. The van der Waals surface area contributed by atoms with Gasteiger partial charge < -0.3 is 40.4 Å². The fraction of sp³-hybridized carbons (Fsp3) is 0.483. The number of amides is 1. The molecular weight excluding hydrogens is 562 g/mol. The molecule has 1 fully saturated rings. The van der Waals surface area contributed by atoms with Gasteiger partial charge in [-0.1, -0.05) is 18.2 Å². The van der Waals surface area contributed by atoms with Gasteiger partial charge >= 0.3 is 11.9 Å². The molecule has 2 aromatic rings. The Morgan fingerprint density at radius 3 is 2.47 bits per heavy atom. The summed E-state index contributed by atoms with van der Waals surface area (Å²) < 4.78 is 16.7. The summed E-state index contributed by atoms with van der Waals surface area (Å²) in [5.74, 6) is -1.75. The van der Waals surface area contributed by atoms with Crippen LogP contribution in [0.25, 0.3) is 0 Å². The summed E-state index contributed by atoms with van der Waals surface area (Å²) in [6, 6.07) is 11.5. The zero-order chi connectivity index (χ0) is 31.4. The molecule has 0 aromatic heterocycles. The number of nitrogens with zero attached hydrogens (tertiary/aromatic N) is 2. The minimum atomic E-state index is -1.35. The molecule has 1 heterocycles. The number of aliphatic carboxylic acids is 2. The van der Waals surface area contributed by atoms with Crippen molar-refractivity contribution in [2.45, 2.75) is 44.3 Å². The van der Waals surface area contributed by atoms with Crippen molar-refractivity contribution in [3.8, 4) is 11.5 Å². The van der Waals surface area contributed by atoms with Crippen LogP contribution in [-0.2, 0) is 30.4 Å². The molecule has 14 heteroatoms. The molecule has 0 spiro atoms. The molecule has 3 atom stereocenters. The van der Waals surface area contributed by atoms with Gasteiger partial charge in [-0.3, -0.25) is 14.4 Å². The maximum atomic E-state index is 12.7. The van der Waals surface area contributed by atoms with E-state index in [4.69, 9.17) is 29.9 Å². The molecule has 6 N–H and O–H groups in total. The number of nitrogen functional groups attached to an aromatic ring is 1. The molecular formula is C29H41N5O9. The lowest BCUT2D eigenvalue weighted by atomic mass is 10.1. The van der Waals surface area contributed by atoms with E-state index in [9.17, 15) is 19.5 Å². The third-order valence-corrected chi connectivity index (χ3v) is 6.81. The van der Waals surface area contributed by atoms with Crippen LogP contribution in [-0.4, -0.2) is 97.9 Å². The second-order valence-electron chi connectivity index (χ2n) is 10.1. The Balaban J connectivity index is 1.52. The van der Waals surface area contributed by atoms with Crippen molar-refractivity contribution in [1.82, 2.24) is 20.6 Å². The van der Waals surface area contributed by atoms with E-state index in [1.54, 1.807) is 38.5 Å². The van der Waals surface area contributed by atoms with Crippen LogP contribution in [0, 0.1) is 0 Å². The number of nitrogens with two attached hydrogens (primary N) is 1. The monoisotopic (exact) mass is 603 g/mol. The quantitative estimate of drug-likeness (QED) is 0.122. The zero-order valence-electron chi connectivity index (χ0n) is 24.7. The van der Waals surface area contributed by atoms with Gasteiger partial charge in [0.25, 0.3) is 0 Å². The van der Waals surface area contributed by atoms with E-state index in [1.807, 2.05) is 25.2 Å². The first-order chi connectivity index (χ1) is 20.6. The van der Waals surface area contributed by atoms with E-state index >= 15 is 0 Å².